The van der Waals surface area contributed by atoms with E-state index in [9.17, 15) is 4.79 Å². The van der Waals surface area contributed by atoms with E-state index in [4.69, 9.17) is 14.2 Å². The first-order valence-electron chi connectivity index (χ1n) is 6.61. The molecule has 0 aromatic heterocycles. The molecule has 0 atom stereocenters. The maximum atomic E-state index is 12.2. The summed E-state index contributed by atoms with van der Waals surface area (Å²) in [4.78, 5) is 14.0. The summed E-state index contributed by atoms with van der Waals surface area (Å²) in [5, 5.41) is 0. The Hall–Kier alpha value is -0.650. The summed E-state index contributed by atoms with van der Waals surface area (Å²) < 4.78 is 15.4. The summed E-state index contributed by atoms with van der Waals surface area (Å²) in [6.45, 7) is 4.00. The third-order valence-corrected chi connectivity index (χ3v) is 3.29. The molecule has 1 aliphatic rings. The van der Waals surface area contributed by atoms with E-state index < -0.39 is 0 Å². The third-order valence-electron chi connectivity index (χ3n) is 3.29. The highest BCUT2D eigenvalue weighted by Gasteiger charge is 2.21. The zero-order valence-electron chi connectivity index (χ0n) is 11.5. The third kappa shape index (κ3) is 5.80. The Kier molecular flexibility index (Phi) is 7.96. The summed E-state index contributed by atoms with van der Waals surface area (Å²) in [6, 6.07) is 0. The molecule has 0 aliphatic carbocycles. The fourth-order valence-electron chi connectivity index (χ4n) is 2.09. The molecular formula is C13H25NO4. The van der Waals surface area contributed by atoms with Crippen molar-refractivity contribution >= 4 is 5.91 Å². The van der Waals surface area contributed by atoms with Crippen molar-refractivity contribution in [2.45, 2.75) is 19.3 Å². The Morgan fingerprint density at radius 1 is 1.17 bits per heavy atom. The average molecular weight is 259 g/mol. The van der Waals surface area contributed by atoms with Crippen LogP contribution in [0.4, 0.5) is 0 Å². The monoisotopic (exact) mass is 259 g/mol. The topological polar surface area (TPSA) is 48.0 Å². The first-order chi connectivity index (χ1) is 8.77. The zero-order chi connectivity index (χ0) is 13.2. The van der Waals surface area contributed by atoms with Crippen LogP contribution in [0.3, 0.4) is 0 Å². The Morgan fingerprint density at radius 3 is 2.22 bits per heavy atom. The lowest BCUT2D eigenvalue weighted by atomic mass is 9.96. The minimum Gasteiger partial charge on any atom is -0.383 e. The van der Waals surface area contributed by atoms with Crippen molar-refractivity contribution in [3.63, 3.8) is 0 Å². The van der Waals surface area contributed by atoms with Crippen LogP contribution in [0.5, 0.6) is 0 Å². The van der Waals surface area contributed by atoms with Crippen LogP contribution in [-0.2, 0) is 19.0 Å². The fourth-order valence-corrected chi connectivity index (χ4v) is 2.09. The largest absolute Gasteiger partial charge is 0.383 e. The van der Waals surface area contributed by atoms with Gasteiger partial charge in [-0.15, -0.1) is 0 Å². The molecule has 0 saturated carbocycles. The molecule has 1 aliphatic heterocycles. The van der Waals surface area contributed by atoms with Crippen LogP contribution < -0.4 is 0 Å². The first kappa shape index (κ1) is 15.4. The molecule has 0 spiro atoms. The number of rotatable bonds is 8. The van der Waals surface area contributed by atoms with Gasteiger partial charge in [0, 0.05) is 46.9 Å². The quantitative estimate of drug-likeness (QED) is 0.650. The molecule has 106 valence electrons. The SMILES string of the molecule is COCCN(CCOC)C(=O)CC1CCOCC1. The number of nitrogens with zero attached hydrogens (tertiary/aromatic N) is 1. The lowest BCUT2D eigenvalue weighted by molar-refractivity contribution is -0.134. The predicted molar refractivity (Wildman–Crippen MR) is 68.5 cm³/mol. The van der Waals surface area contributed by atoms with Crippen LogP contribution in [0.25, 0.3) is 0 Å². The van der Waals surface area contributed by atoms with Crippen molar-refractivity contribution in [3.05, 3.63) is 0 Å². The van der Waals surface area contributed by atoms with Gasteiger partial charge in [0.1, 0.15) is 0 Å². The molecule has 1 heterocycles. The molecule has 1 saturated heterocycles. The second kappa shape index (κ2) is 9.30. The van der Waals surface area contributed by atoms with Crippen LogP contribution in [0.15, 0.2) is 0 Å². The molecule has 0 aromatic carbocycles. The smallest absolute Gasteiger partial charge is 0.223 e. The number of carbonyl (C=O) groups excluding carboxylic acids is 1. The summed E-state index contributed by atoms with van der Waals surface area (Å²) in [7, 11) is 3.30. The van der Waals surface area contributed by atoms with E-state index in [2.05, 4.69) is 0 Å². The number of hydrogen-bond acceptors (Lipinski definition) is 4. The highest BCUT2D eigenvalue weighted by Crippen LogP contribution is 2.19. The molecule has 0 unspecified atom stereocenters. The lowest BCUT2D eigenvalue weighted by Gasteiger charge is -2.26. The maximum absolute atomic E-state index is 12.2. The van der Waals surface area contributed by atoms with Gasteiger partial charge in [0.2, 0.25) is 5.91 Å². The van der Waals surface area contributed by atoms with E-state index in [1.54, 1.807) is 14.2 Å². The lowest BCUT2D eigenvalue weighted by Crippen LogP contribution is -2.38. The summed E-state index contributed by atoms with van der Waals surface area (Å²) >= 11 is 0. The number of amides is 1. The number of ether oxygens (including phenoxy) is 3. The van der Waals surface area contributed by atoms with Crippen LogP contribution in [0, 0.1) is 5.92 Å². The maximum Gasteiger partial charge on any atom is 0.223 e. The van der Waals surface area contributed by atoms with Gasteiger partial charge in [-0.1, -0.05) is 0 Å². The summed E-state index contributed by atoms with van der Waals surface area (Å²) in [6.07, 6.45) is 2.61. The molecule has 5 heteroatoms. The van der Waals surface area contributed by atoms with Gasteiger partial charge in [-0.2, -0.15) is 0 Å². The van der Waals surface area contributed by atoms with E-state index in [-0.39, 0.29) is 5.91 Å². The van der Waals surface area contributed by atoms with E-state index in [0.717, 1.165) is 26.1 Å². The van der Waals surface area contributed by atoms with Gasteiger partial charge in [-0.25, -0.2) is 0 Å². The van der Waals surface area contributed by atoms with Crippen LogP contribution in [0.2, 0.25) is 0 Å². The predicted octanol–water partition coefficient (Wildman–Crippen LogP) is 0.925. The van der Waals surface area contributed by atoms with Gasteiger partial charge in [-0.3, -0.25) is 4.79 Å². The van der Waals surface area contributed by atoms with E-state index in [0.29, 0.717) is 38.6 Å². The Labute approximate surface area is 109 Å². The molecule has 5 nitrogen and oxygen atoms in total. The zero-order valence-corrected chi connectivity index (χ0v) is 11.5. The Bertz CT molecular complexity index is 221. The molecular weight excluding hydrogens is 234 g/mol. The molecule has 0 bridgehead atoms. The van der Waals surface area contributed by atoms with Crippen molar-refractivity contribution in [3.8, 4) is 0 Å². The van der Waals surface area contributed by atoms with Gasteiger partial charge < -0.3 is 19.1 Å². The number of hydrogen-bond donors (Lipinski definition) is 0. The molecule has 0 N–H and O–H groups in total. The van der Waals surface area contributed by atoms with Crippen LogP contribution in [-0.4, -0.2) is 64.5 Å². The Balaban J connectivity index is 2.35. The van der Waals surface area contributed by atoms with Crippen molar-refractivity contribution in [1.29, 1.82) is 0 Å². The standard InChI is InChI=1S/C13H25NO4/c1-16-9-5-14(6-10-17-2)13(15)11-12-3-7-18-8-4-12/h12H,3-11H2,1-2H3. The highest BCUT2D eigenvalue weighted by molar-refractivity contribution is 5.76. The second-order valence-corrected chi connectivity index (χ2v) is 4.63. The van der Waals surface area contributed by atoms with Crippen molar-refractivity contribution < 1.29 is 19.0 Å². The highest BCUT2D eigenvalue weighted by atomic mass is 16.5. The van der Waals surface area contributed by atoms with E-state index in [1.165, 1.54) is 0 Å². The van der Waals surface area contributed by atoms with Crippen LogP contribution in [0.1, 0.15) is 19.3 Å². The van der Waals surface area contributed by atoms with Gasteiger partial charge in [0.15, 0.2) is 0 Å². The van der Waals surface area contributed by atoms with Crippen molar-refractivity contribution in [1.82, 2.24) is 4.90 Å². The van der Waals surface area contributed by atoms with Crippen molar-refractivity contribution in [2.75, 3.05) is 53.7 Å². The molecule has 0 radical (unpaired) electrons. The van der Waals surface area contributed by atoms with Crippen molar-refractivity contribution in [2.24, 2.45) is 5.92 Å². The normalized spacial score (nSPS) is 16.8. The molecule has 1 amide bonds. The summed E-state index contributed by atoms with van der Waals surface area (Å²) in [5.74, 6) is 0.676. The molecule has 1 rings (SSSR count). The van der Waals surface area contributed by atoms with Gasteiger partial charge in [0.05, 0.1) is 13.2 Å². The van der Waals surface area contributed by atoms with E-state index >= 15 is 0 Å². The number of methoxy groups -OCH3 is 2. The average Bonchev–Trinajstić information content (AvgIpc) is 2.40. The second-order valence-electron chi connectivity index (χ2n) is 4.63. The fraction of sp³-hybridized carbons (Fsp3) is 0.923. The van der Waals surface area contributed by atoms with Gasteiger partial charge >= 0.3 is 0 Å². The van der Waals surface area contributed by atoms with E-state index in [1.807, 2.05) is 4.90 Å². The molecule has 0 aromatic rings. The minimum absolute atomic E-state index is 0.205. The van der Waals surface area contributed by atoms with Crippen LogP contribution >= 0.6 is 0 Å². The first-order valence-corrected chi connectivity index (χ1v) is 6.61. The van der Waals surface area contributed by atoms with Gasteiger partial charge in [0.25, 0.3) is 0 Å². The summed E-state index contributed by atoms with van der Waals surface area (Å²) in [5.41, 5.74) is 0. The van der Waals surface area contributed by atoms with Gasteiger partial charge in [-0.05, 0) is 18.8 Å². The number of carbonyl (C=O) groups is 1. The minimum atomic E-state index is 0.205. The Morgan fingerprint density at radius 2 is 1.72 bits per heavy atom. The molecule has 18 heavy (non-hydrogen) atoms. The molecule has 1 fully saturated rings.